The van der Waals surface area contributed by atoms with Crippen LogP contribution in [0.1, 0.15) is 37.5 Å². The van der Waals surface area contributed by atoms with E-state index in [1.165, 1.54) is 0 Å². The van der Waals surface area contributed by atoms with Crippen LogP contribution in [0.25, 0.3) is 5.65 Å². The van der Waals surface area contributed by atoms with Crippen molar-refractivity contribution in [2.75, 3.05) is 30.5 Å². The molecular formula is C16H23ClN4O7P2. The van der Waals surface area contributed by atoms with Crippen LogP contribution in [0.4, 0.5) is 5.69 Å². The second-order valence-corrected chi connectivity index (χ2v) is 11.9. The van der Waals surface area contributed by atoms with Crippen LogP contribution >= 0.6 is 26.8 Å². The number of hydrogen-bond donors (Lipinski definition) is 3. The first-order valence-corrected chi connectivity index (χ1v) is 13.5. The summed E-state index contributed by atoms with van der Waals surface area (Å²) in [6.07, 6.45) is 4.24. The van der Waals surface area contributed by atoms with Gasteiger partial charge >= 0.3 is 15.2 Å². The molecule has 0 spiro atoms. The molecule has 1 unspecified atom stereocenters. The molecule has 0 aliphatic carbocycles. The number of fused-ring (bicyclic) bond motifs is 1. The molecule has 4 rings (SSSR count). The highest BCUT2D eigenvalue weighted by Gasteiger charge is 2.35. The molecular weight excluding hydrogens is 458 g/mol. The van der Waals surface area contributed by atoms with Crippen LogP contribution in [-0.2, 0) is 18.4 Å². The predicted molar refractivity (Wildman–Crippen MR) is 109 cm³/mol. The largest absolute Gasteiger partial charge is 0.368 e. The van der Waals surface area contributed by atoms with E-state index in [1.54, 1.807) is 10.7 Å². The molecule has 2 saturated heterocycles. The summed E-state index contributed by atoms with van der Waals surface area (Å²) in [5.41, 5.74) is 2.34. The van der Waals surface area contributed by atoms with Crippen molar-refractivity contribution in [2.45, 2.75) is 37.9 Å². The standard InChI is InChI=1S/C16H23ClN4O7P2/c17-15-7-12(20-5-1-2-6-20)16-18-8-13(21(16)19-15)14-4-3-11(28-14)9-27-30(25,26)10-29(22,23)24/h7-8,11,14H,1-6,9-10H2,(H,25,26)(H2,22,23,24)/t11-,14+/m0/s1. The molecule has 0 aromatic carbocycles. The van der Waals surface area contributed by atoms with Gasteiger partial charge in [-0.3, -0.25) is 9.13 Å². The van der Waals surface area contributed by atoms with Gasteiger partial charge in [0.2, 0.25) is 0 Å². The van der Waals surface area contributed by atoms with Gasteiger partial charge < -0.3 is 28.8 Å². The number of hydrogen-bond acceptors (Lipinski definition) is 7. The highest BCUT2D eigenvalue weighted by Crippen LogP contribution is 2.55. The van der Waals surface area contributed by atoms with Gasteiger partial charge in [0, 0.05) is 19.2 Å². The van der Waals surface area contributed by atoms with Gasteiger partial charge in [0.05, 0.1) is 30.3 Å². The fraction of sp³-hybridized carbons (Fsp3) is 0.625. The van der Waals surface area contributed by atoms with Crippen LogP contribution in [-0.4, -0.2) is 61.0 Å². The first-order valence-electron chi connectivity index (χ1n) is 9.57. The Morgan fingerprint density at radius 3 is 2.67 bits per heavy atom. The lowest BCUT2D eigenvalue weighted by atomic mass is 10.1. The summed E-state index contributed by atoms with van der Waals surface area (Å²) in [7, 11) is -9.07. The summed E-state index contributed by atoms with van der Waals surface area (Å²) in [5.74, 6) is -1.22. The minimum absolute atomic E-state index is 0.242. The SMILES string of the molecule is O=P(O)(O)CP(=O)(O)OC[C@@H]1CC[C@H](c2cnc3c(N4CCCC4)cc(Cl)nn23)O1. The molecule has 0 amide bonds. The summed E-state index contributed by atoms with van der Waals surface area (Å²) in [6, 6.07) is 1.81. The van der Waals surface area contributed by atoms with E-state index in [0.717, 1.165) is 37.3 Å². The van der Waals surface area contributed by atoms with E-state index in [1.807, 2.05) is 6.07 Å². The number of rotatable bonds is 7. The van der Waals surface area contributed by atoms with Crippen LogP contribution in [0.15, 0.2) is 12.3 Å². The molecule has 166 valence electrons. The molecule has 4 heterocycles. The Bertz CT molecular complexity index is 1020. The molecule has 2 aromatic rings. The zero-order valence-electron chi connectivity index (χ0n) is 16.0. The highest BCUT2D eigenvalue weighted by molar-refractivity contribution is 7.70. The lowest BCUT2D eigenvalue weighted by molar-refractivity contribution is 0.0125. The molecule has 3 N–H and O–H groups in total. The fourth-order valence-electron chi connectivity index (χ4n) is 3.87. The first kappa shape index (κ1) is 22.2. The van der Waals surface area contributed by atoms with Gasteiger partial charge in [0.1, 0.15) is 6.10 Å². The molecule has 2 aliphatic rings. The number of nitrogens with zero attached hydrogens (tertiary/aromatic N) is 4. The van der Waals surface area contributed by atoms with Crippen LogP contribution in [0.2, 0.25) is 5.15 Å². The average molecular weight is 481 g/mol. The monoisotopic (exact) mass is 480 g/mol. The third kappa shape index (κ3) is 5.06. The minimum atomic E-state index is -4.66. The van der Waals surface area contributed by atoms with Crippen molar-refractivity contribution in [3.05, 3.63) is 23.1 Å². The van der Waals surface area contributed by atoms with Gasteiger partial charge in [0.15, 0.2) is 16.7 Å². The quantitative estimate of drug-likeness (QED) is 0.505. The van der Waals surface area contributed by atoms with Crippen molar-refractivity contribution in [1.82, 2.24) is 14.6 Å². The summed E-state index contributed by atoms with van der Waals surface area (Å²) >= 11 is 6.25. The molecule has 2 aromatic heterocycles. The molecule has 11 nitrogen and oxygen atoms in total. The Morgan fingerprint density at radius 1 is 1.23 bits per heavy atom. The number of anilines is 1. The normalized spacial score (nSPS) is 24.6. The van der Waals surface area contributed by atoms with Gasteiger partial charge in [-0.05, 0) is 25.7 Å². The number of aromatic nitrogens is 3. The Balaban J connectivity index is 1.47. The smallest absolute Gasteiger partial charge is 0.340 e. The second kappa shape index (κ2) is 8.48. The summed E-state index contributed by atoms with van der Waals surface area (Å²) in [4.78, 5) is 34.1. The highest BCUT2D eigenvalue weighted by atomic mass is 35.5. The van der Waals surface area contributed by atoms with Gasteiger partial charge in [-0.1, -0.05) is 11.6 Å². The Kier molecular flexibility index (Phi) is 6.27. The van der Waals surface area contributed by atoms with Crippen molar-refractivity contribution in [3.8, 4) is 0 Å². The van der Waals surface area contributed by atoms with Crippen molar-refractivity contribution >= 4 is 38.1 Å². The Hall–Kier alpha value is -1.03. The van der Waals surface area contributed by atoms with Gasteiger partial charge in [-0.15, -0.1) is 0 Å². The van der Waals surface area contributed by atoms with Crippen molar-refractivity contribution in [2.24, 2.45) is 0 Å². The van der Waals surface area contributed by atoms with Crippen LogP contribution in [0, 0.1) is 0 Å². The topological polar surface area (TPSA) is 147 Å². The summed E-state index contributed by atoms with van der Waals surface area (Å²) < 4.78 is 35.2. The zero-order chi connectivity index (χ0) is 21.5. The third-order valence-electron chi connectivity index (χ3n) is 5.15. The fourth-order valence-corrected chi connectivity index (χ4v) is 6.64. The predicted octanol–water partition coefficient (Wildman–Crippen LogP) is 2.54. The van der Waals surface area contributed by atoms with E-state index in [9.17, 15) is 14.0 Å². The molecule has 0 radical (unpaired) electrons. The van der Waals surface area contributed by atoms with E-state index in [-0.39, 0.29) is 12.7 Å². The molecule has 2 aliphatic heterocycles. The van der Waals surface area contributed by atoms with Gasteiger partial charge in [-0.25, -0.2) is 9.50 Å². The number of ether oxygens (including phenoxy) is 1. The number of imidazole rings is 1. The van der Waals surface area contributed by atoms with Crippen LogP contribution in [0.5, 0.6) is 0 Å². The maximum Gasteiger partial charge on any atom is 0.340 e. The maximum absolute atomic E-state index is 11.8. The zero-order valence-corrected chi connectivity index (χ0v) is 18.5. The van der Waals surface area contributed by atoms with E-state index in [4.69, 9.17) is 30.6 Å². The molecule has 14 heteroatoms. The molecule has 0 saturated carbocycles. The first-order chi connectivity index (χ1) is 14.1. The second-order valence-electron chi connectivity index (χ2n) is 7.53. The van der Waals surface area contributed by atoms with Crippen molar-refractivity contribution < 1.29 is 33.1 Å². The maximum atomic E-state index is 11.8. The summed E-state index contributed by atoms with van der Waals surface area (Å²) in [6.45, 7) is 1.63. The van der Waals surface area contributed by atoms with E-state index in [2.05, 4.69) is 15.0 Å². The van der Waals surface area contributed by atoms with Crippen molar-refractivity contribution in [1.29, 1.82) is 0 Å². The number of halogens is 1. The van der Waals surface area contributed by atoms with Crippen molar-refractivity contribution in [3.63, 3.8) is 0 Å². The molecule has 2 fully saturated rings. The average Bonchev–Trinajstić information content (AvgIpc) is 3.37. The molecule has 3 atom stereocenters. The van der Waals surface area contributed by atoms with Gasteiger partial charge in [-0.2, -0.15) is 5.10 Å². The van der Waals surface area contributed by atoms with E-state index in [0.29, 0.717) is 23.6 Å². The Labute approximate surface area is 177 Å². The molecule has 0 bridgehead atoms. The van der Waals surface area contributed by atoms with Crippen LogP contribution in [0.3, 0.4) is 0 Å². The lowest BCUT2D eigenvalue weighted by Gasteiger charge is -2.19. The summed E-state index contributed by atoms with van der Waals surface area (Å²) in [5, 5.41) is 4.72. The van der Waals surface area contributed by atoms with E-state index < -0.39 is 27.2 Å². The van der Waals surface area contributed by atoms with Gasteiger partial charge in [0.25, 0.3) is 0 Å². The molecule has 30 heavy (non-hydrogen) atoms. The third-order valence-corrected chi connectivity index (χ3v) is 8.79. The Morgan fingerprint density at radius 2 is 1.97 bits per heavy atom. The lowest BCUT2D eigenvalue weighted by Crippen LogP contribution is -2.19. The minimum Gasteiger partial charge on any atom is -0.368 e. The van der Waals surface area contributed by atoms with E-state index >= 15 is 0 Å². The van der Waals surface area contributed by atoms with Crippen LogP contribution < -0.4 is 4.90 Å².